The second-order valence-corrected chi connectivity index (χ2v) is 4.98. The number of benzene rings is 1. The molecule has 94 valence electrons. The highest BCUT2D eigenvalue weighted by atomic mass is 15.2. The second kappa shape index (κ2) is 5.65. The topological polar surface area (TPSA) is 15.3 Å². The van der Waals surface area contributed by atoms with Gasteiger partial charge in [-0.1, -0.05) is 38.1 Å². The molecule has 1 heterocycles. The fraction of sp³-hybridized carbons (Fsp3) is 0.600. The standard InChI is InChI=1S/C15H24N2/c1-4-13(5-2)17(3)15-11-16-10-12-8-6-7-9-14(12)15/h6-9,13,15-16H,4-5,10-11H2,1-3H3. The molecule has 2 rings (SSSR count). The molecule has 2 nitrogen and oxygen atoms in total. The molecule has 0 saturated heterocycles. The first-order chi connectivity index (χ1) is 8.27. The monoisotopic (exact) mass is 232 g/mol. The molecule has 1 atom stereocenters. The molecule has 0 aromatic heterocycles. The summed E-state index contributed by atoms with van der Waals surface area (Å²) < 4.78 is 0. The van der Waals surface area contributed by atoms with Crippen LogP contribution in [0, 0.1) is 0 Å². The Hall–Kier alpha value is -0.860. The lowest BCUT2D eigenvalue weighted by atomic mass is 9.94. The average molecular weight is 232 g/mol. The Bertz CT molecular complexity index is 358. The summed E-state index contributed by atoms with van der Waals surface area (Å²) in [4.78, 5) is 2.55. The van der Waals surface area contributed by atoms with Gasteiger partial charge >= 0.3 is 0 Å². The average Bonchev–Trinajstić information content (AvgIpc) is 2.39. The van der Waals surface area contributed by atoms with Gasteiger partial charge in [-0.25, -0.2) is 0 Å². The maximum Gasteiger partial charge on any atom is 0.0475 e. The number of likely N-dealkylation sites (N-methyl/N-ethyl adjacent to an activating group) is 1. The quantitative estimate of drug-likeness (QED) is 0.858. The third-order valence-electron chi connectivity index (χ3n) is 4.08. The second-order valence-electron chi connectivity index (χ2n) is 4.98. The van der Waals surface area contributed by atoms with Gasteiger partial charge in [-0.15, -0.1) is 0 Å². The van der Waals surface area contributed by atoms with Gasteiger partial charge in [-0.05, 0) is 31.0 Å². The zero-order valence-corrected chi connectivity index (χ0v) is 11.2. The molecule has 1 aliphatic heterocycles. The number of hydrogen-bond donors (Lipinski definition) is 1. The molecule has 0 amide bonds. The summed E-state index contributed by atoms with van der Waals surface area (Å²) in [7, 11) is 2.27. The fourth-order valence-corrected chi connectivity index (χ4v) is 2.96. The van der Waals surface area contributed by atoms with Crippen molar-refractivity contribution in [3.8, 4) is 0 Å². The molecule has 0 fully saturated rings. The number of hydrogen-bond acceptors (Lipinski definition) is 2. The maximum atomic E-state index is 3.53. The van der Waals surface area contributed by atoms with Crippen LogP contribution in [0.25, 0.3) is 0 Å². The zero-order valence-electron chi connectivity index (χ0n) is 11.2. The van der Waals surface area contributed by atoms with Gasteiger partial charge in [-0.2, -0.15) is 0 Å². The van der Waals surface area contributed by atoms with Crippen LogP contribution in [0.5, 0.6) is 0 Å². The molecule has 2 heteroatoms. The van der Waals surface area contributed by atoms with Crippen LogP contribution in [-0.4, -0.2) is 24.5 Å². The van der Waals surface area contributed by atoms with Gasteiger partial charge in [0.25, 0.3) is 0 Å². The SMILES string of the molecule is CCC(CC)N(C)C1CNCc2ccccc21. The van der Waals surface area contributed by atoms with Crippen LogP contribution in [0.3, 0.4) is 0 Å². The summed E-state index contributed by atoms with van der Waals surface area (Å²) in [6.45, 7) is 6.66. The van der Waals surface area contributed by atoms with Crippen molar-refractivity contribution >= 4 is 0 Å². The Balaban J connectivity index is 2.23. The van der Waals surface area contributed by atoms with E-state index in [2.05, 4.69) is 55.4 Å². The molecule has 17 heavy (non-hydrogen) atoms. The van der Waals surface area contributed by atoms with E-state index in [1.54, 1.807) is 0 Å². The van der Waals surface area contributed by atoms with Crippen LogP contribution < -0.4 is 5.32 Å². The highest BCUT2D eigenvalue weighted by Gasteiger charge is 2.26. The summed E-state index contributed by atoms with van der Waals surface area (Å²) in [5.74, 6) is 0. The minimum Gasteiger partial charge on any atom is -0.311 e. The first kappa shape index (κ1) is 12.6. The normalized spacial score (nSPS) is 19.7. The maximum absolute atomic E-state index is 3.53. The van der Waals surface area contributed by atoms with Crippen LogP contribution in [0.2, 0.25) is 0 Å². The van der Waals surface area contributed by atoms with Crippen molar-refractivity contribution in [2.75, 3.05) is 13.6 Å². The third kappa shape index (κ3) is 2.53. The van der Waals surface area contributed by atoms with E-state index in [0.29, 0.717) is 12.1 Å². The lowest BCUT2D eigenvalue weighted by Gasteiger charge is -2.38. The van der Waals surface area contributed by atoms with Crippen molar-refractivity contribution in [2.24, 2.45) is 0 Å². The molecule has 0 bridgehead atoms. The van der Waals surface area contributed by atoms with Gasteiger partial charge < -0.3 is 5.32 Å². The minimum atomic E-state index is 0.532. The van der Waals surface area contributed by atoms with Gasteiger partial charge in [0.2, 0.25) is 0 Å². The van der Waals surface area contributed by atoms with E-state index < -0.39 is 0 Å². The Morgan fingerprint density at radius 2 is 2.00 bits per heavy atom. The number of fused-ring (bicyclic) bond motifs is 1. The zero-order chi connectivity index (χ0) is 12.3. The van der Waals surface area contributed by atoms with Gasteiger partial charge in [-0.3, -0.25) is 4.90 Å². The van der Waals surface area contributed by atoms with Crippen LogP contribution in [0.4, 0.5) is 0 Å². The smallest absolute Gasteiger partial charge is 0.0475 e. The van der Waals surface area contributed by atoms with E-state index in [0.717, 1.165) is 13.1 Å². The number of nitrogens with zero attached hydrogens (tertiary/aromatic N) is 1. The van der Waals surface area contributed by atoms with E-state index >= 15 is 0 Å². The molecule has 1 aromatic rings. The van der Waals surface area contributed by atoms with Crippen LogP contribution in [-0.2, 0) is 6.54 Å². The van der Waals surface area contributed by atoms with Gasteiger partial charge in [0.05, 0.1) is 0 Å². The largest absolute Gasteiger partial charge is 0.311 e. The summed E-state index contributed by atoms with van der Waals surface area (Å²) in [6.07, 6.45) is 2.46. The summed E-state index contributed by atoms with van der Waals surface area (Å²) in [5.41, 5.74) is 2.97. The molecule has 1 N–H and O–H groups in total. The Kier molecular flexibility index (Phi) is 4.19. The molecule has 0 saturated carbocycles. The molecular formula is C15H24N2. The lowest BCUT2D eigenvalue weighted by molar-refractivity contribution is 0.154. The van der Waals surface area contributed by atoms with E-state index in [4.69, 9.17) is 0 Å². The van der Waals surface area contributed by atoms with Gasteiger partial charge in [0.1, 0.15) is 0 Å². The molecule has 1 aromatic carbocycles. The van der Waals surface area contributed by atoms with E-state index in [9.17, 15) is 0 Å². The highest BCUT2D eigenvalue weighted by molar-refractivity contribution is 5.32. The van der Waals surface area contributed by atoms with Crippen molar-refractivity contribution in [1.82, 2.24) is 10.2 Å². The van der Waals surface area contributed by atoms with Crippen molar-refractivity contribution in [2.45, 2.75) is 45.3 Å². The predicted molar refractivity (Wildman–Crippen MR) is 73.0 cm³/mol. The summed E-state index contributed by atoms with van der Waals surface area (Å²) in [6, 6.07) is 10.1. The Labute approximate surface area is 105 Å². The summed E-state index contributed by atoms with van der Waals surface area (Å²) >= 11 is 0. The van der Waals surface area contributed by atoms with Crippen LogP contribution >= 0.6 is 0 Å². The Morgan fingerprint density at radius 3 is 2.71 bits per heavy atom. The van der Waals surface area contributed by atoms with Gasteiger partial charge in [0.15, 0.2) is 0 Å². The Morgan fingerprint density at radius 1 is 1.29 bits per heavy atom. The van der Waals surface area contributed by atoms with E-state index in [1.807, 2.05) is 0 Å². The summed E-state index contributed by atoms with van der Waals surface area (Å²) in [5, 5.41) is 3.53. The molecule has 0 spiro atoms. The van der Waals surface area contributed by atoms with E-state index in [1.165, 1.54) is 24.0 Å². The van der Waals surface area contributed by atoms with Crippen molar-refractivity contribution in [3.05, 3.63) is 35.4 Å². The van der Waals surface area contributed by atoms with Crippen LogP contribution in [0.15, 0.2) is 24.3 Å². The van der Waals surface area contributed by atoms with E-state index in [-0.39, 0.29) is 0 Å². The molecule has 1 unspecified atom stereocenters. The molecule has 0 radical (unpaired) electrons. The predicted octanol–water partition coefficient (Wildman–Crippen LogP) is 2.95. The minimum absolute atomic E-state index is 0.532. The first-order valence-corrected chi connectivity index (χ1v) is 6.78. The molecule has 0 aliphatic carbocycles. The lowest BCUT2D eigenvalue weighted by Crippen LogP contribution is -2.42. The third-order valence-corrected chi connectivity index (χ3v) is 4.08. The molecular weight excluding hydrogens is 208 g/mol. The van der Waals surface area contributed by atoms with Crippen LogP contribution in [0.1, 0.15) is 43.9 Å². The fourth-order valence-electron chi connectivity index (χ4n) is 2.96. The highest BCUT2D eigenvalue weighted by Crippen LogP contribution is 2.28. The molecule has 1 aliphatic rings. The van der Waals surface area contributed by atoms with Gasteiger partial charge in [0, 0.05) is 25.2 Å². The van der Waals surface area contributed by atoms with Crippen molar-refractivity contribution in [1.29, 1.82) is 0 Å². The first-order valence-electron chi connectivity index (χ1n) is 6.78. The number of rotatable bonds is 4. The number of nitrogens with one attached hydrogen (secondary N) is 1. The van der Waals surface area contributed by atoms with Crippen molar-refractivity contribution < 1.29 is 0 Å². The van der Waals surface area contributed by atoms with Crippen molar-refractivity contribution in [3.63, 3.8) is 0 Å².